The minimum atomic E-state index is -0.220. The van der Waals surface area contributed by atoms with Crippen molar-refractivity contribution in [3.8, 4) is 11.8 Å². The van der Waals surface area contributed by atoms with Crippen LogP contribution in [0.1, 0.15) is 25.3 Å². The number of carbonyl (C=O) groups is 1. The maximum atomic E-state index is 12.3. The maximum absolute atomic E-state index is 12.3. The van der Waals surface area contributed by atoms with Gasteiger partial charge in [0.1, 0.15) is 17.4 Å². The summed E-state index contributed by atoms with van der Waals surface area (Å²) in [6.45, 7) is 3.53. The molecule has 20 heavy (non-hydrogen) atoms. The fourth-order valence-corrected chi connectivity index (χ4v) is 2.47. The highest BCUT2D eigenvalue weighted by atomic mass is 16.3. The minimum Gasteiger partial charge on any atom is -0.508 e. The van der Waals surface area contributed by atoms with Gasteiger partial charge >= 0.3 is 0 Å². The topological polar surface area (TPSA) is 64.3 Å². The van der Waals surface area contributed by atoms with Crippen molar-refractivity contribution in [2.75, 3.05) is 13.1 Å². The number of carbonyl (C=O) groups excluding carboxylic acids is 1. The average Bonchev–Trinajstić information content (AvgIpc) is 2.44. The molecule has 1 saturated heterocycles. The third kappa shape index (κ3) is 3.39. The SMILES string of the molecule is CC1CCCN(C(=O)/C(C#N)=C/c2cccc(O)c2)C1. The first kappa shape index (κ1) is 14.1. The van der Waals surface area contributed by atoms with Gasteiger partial charge in [-0.05, 0) is 42.5 Å². The van der Waals surface area contributed by atoms with Gasteiger partial charge in [-0.1, -0.05) is 19.1 Å². The molecule has 1 fully saturated rings. The number of nitriles is 1. The lowest BCUT2D eigenvalue weighted by molar-refractivity contribution is -0.128. The second-order valence-corrected chi connectivity index (χ2v) is 5.26. The van der Waals surface area contributed by atoms with Crippen molar-refractivity contribution in [1.29, 1.82) is 5.26 Å². The predicted octanol–water partition coefficient (Wildman–Crippen LogP) is 2.56. The summed E-state index contributed by atoms with van der Waals surface area (Å²) in [5, 5.41) is 18.6. The van der Waals surface area contributed by atoms with Gasteiger partial charge in [0, 0.05) is 13.1 Å². The van der Waals surface area contributed by atoms with E-state index < -0.39 is 0 Å². The van der Waals surface area contributed by atoms with Gasteiger partial charge in [-0.15, -0.1) is 0 Å². The van der Waals surface area contributed by atoms with Crippen molar-refractivity contribution in [2.24, 2.45) is 5.92 Å². The molecular formula is C16H18N2O2. The summed E-state index contributed by atoms with van der Waals surface area (Å²) >= 11 is 0. The lowest BCUT2D eigenvalue weighted by Gasteiger charge is -2.30. The van der Waals surface area contributed by atoms with Crippen molar-refractivity contribution in [3.05, 3.63) is 35.4 Å². The summed E-state index contributed by atoms with van der Waals surface area (Å²) in [4.78, 5) is 14.1. The number of aromatic hydroxyl groups is 1. The first-order valence-electron chi connectivity index (χ1n) is 6.80. The van der Waals surface area contributed by atoms with Crippen LogP contribution in [0.15, 0.2) is 29.8 Å². The van der Waals surface area contributed by atoms with E-state index in [0.29, 0.717) is 24.6 Å². The minimum absolute atomic E-state index is 0.115. The van der Waals surface area contributed by atoms with Crippen LogP contribution >= 0.6 is 0 Å². The molecule has 4 heteroatoms. The smallest absolute Gasteiger partial charge is 0.264 e. The number of amides is 1. The van der Waals surface area contributed by atoms with Gasteiger partial charge in [-0.3, -0.25) is 4.79 Å². The quantitative estimate of drug-likeness (QED) is 0.663. The van der Waals surface area contributed by atoms with E-state index in [2.05, 4.69) is 6.92 Å². The normalized spacial score (nSPS) is 19.5. The van der Waals surface area contributed by atoms with Gasteiger partial charge in [0.15, 0.2) is 0 Å². The summed E-state index contributed by atoms with van der Waals surface area (Å²) in [6.07, 6.45) is 3.64. The Kier molecular flexibility index (Phi) is 4.41. The highest BCUT2D eigenvalue weighted by molar-refractivity contribution is 6.01. The number of benzene rings is 1. The van der Waals surface area contributed by atoms with Crippen molar-refractivity contribution in [2.45, 2.75) is 19.8 Å². The monoisotopic (exact) mass is 270 g/mol. The number of rotatable bonds is 2. The van der Waals surface area contributed by atoms with Crippen LogP contribution in [0.2, 0.25) is 0 Å². The summed E-state index contributed by atoms with van der Waals surface area (Å²) in [5.41, 5.74) is 0.768. The van der Waals surface area contributed by atoms with Crippen molar-refractivity contribution in [1.82, 2.24) is 4.90 Å². The molecule has 1 aliphatic rings. The maximum Gasteiger partial charge on any atom is 0.264 e. The van der Waals surface area contributed by atoms with Crippen LogP contribution in [-0.2, 0) is 4.79 Å². The molecule has 0 aromatic heterocycles. The third-order valence-corrected chi connectivity index (χ3v) is 3.48. The molecule has 4 nitrogen and oxygen atoms in total. The van der Waals surface area contributed by atoms with Gasteiger partial charge in [0.2, 0.25) is 0 Å². The van der Waals surface area contributed by atoms with Crippen LogP contribution in [-0.4, -0.2) is 29.0 Å². The molecule has 1 N–H and O–H groups in total. The Labute approximate surface area is 118 Å². The lowest BCUT2D eigenvalue weighted by Crippen LogP contribution is -2.39. The Bertz CT molecular complexity index is 572. The Balaban J connectivity index is 2.19. The first-order chi connectivity index (χ1) is 9.60. The molecule has 0 saturated carbocycles. The molecule has 104 valence electrons. The number of hydrogen-bond donors (Lipinski definition) is 1. The Morgan fingerprint density at radius 2 is 2.35 bits per heavy atom. The number of phenols is 1. The van der Waals surface area contributed by atoms with E-state index in [1.54, 1.807) is 23.1 Å². The number of piperidine rings is 1. The van der Waals surface area contributed by atoms with Crippen LogP contribution in [0.3, 0.4) is 0 Å². The molecule has 1 amide bonds. The van der Waals surface area contributed by atoms with E-state index in [1.807, 2.05) is 6.07 Å². The summed E-state index contributed by atoms with van der Waals surface area (Å²) in [7, 11) is 0. The molecular weight excluding hydrogens is 252 g/mol. The van der Waals surface area contributed by atoms with Gasteiger partial charge in [-0.25, -0.2) is 0 Å². The third-order valence-electron chi connectivity index (χ3n) is 3.48. The van der Waals surface area contributed by atoms with E-state index in [0.717, 1.165) is 12.8 Å². The molecule has 0 spiro atoms. The zero-order chi connectivity index (χ0) is 14.5. The first-order valence-corrected chi connectivity index (χ1v) is 6.80. The Morgan fingerprint density at radius 3 is 3.00 bits per heavy atom. The highest BCUT2D eigenvalue weighted by Crippen LogP contribution is 2.19. The van der Waals surface area contributed by atoms with Gasteiger partial charge in [0.25, 0.3) is 5.91 Å². The molecule has 2 rings (SSSR count). The van der Waals surface area contributed by atoms with E-state index in [1.165, 1.54) is 12.1 Å². The fourth-order valence-electron chi connectivity index (χ4n) is 2.47. The van der Waals surface area contributed by atoms with Crippen molar-refractivity contribution in [3.63, 3.8) is 0 Å². The molecule has 0 aliphatic carbocycles. The standard InChI is InChI=1S/C16H18N2O2/c1-12-4-3-7-18(11-12)16(20)14(10-17)8-13-5-2-6-15(19)9-13/h2,5-6,8-9,12,19H,3-4,7,11H2,1H3/b14-8+. The number of hydrogen-bond acceptors (Lipinski definition) is 3. The second-order valence-electron chi connectivity index (χ2n) is 5.26. The Morgan fingerprint density at radius 1 is 1.55 bits per heavy atom. The summed E-state index contributed by atoms with van der Waals surface area (Å²) in [5.74, 6) is 0.380. The molecule has 1 aromatic rings. The van der Waals surface area contributed by atoms with Crippen LogP contribution in [0, 0.1) is 17.2 Å². The Hall–Kier alpha value is -2.28. The van der Waals surface area contributed by atoms with Gasteiger partial charge in [-0.2, -0.15) is 5.26 Å². The fraction of sp³-hybridized carbons (Fsp3) is 0.375. The predicted molar refractivity (Wildman–Crippen MR) is 76.7 cm³/mol. The lowest BCUT2D eigenvalue weighted by atomic mass is 9.99. The summed E-state index contributed by atoms with van der Waals surface area (Å²) in [6, 6.07) is 8.49. The van der Waals surface area contributed by atoms with Crippen molar-refractivity contribution < 1.29 is 9.90 Å². The van der Waals surface area contributed by atoms with E-state index >= 15 is 0 Å². The largest absolute Gasteiger partial charge is 0.508 e. The number of phenolic OH excluding ortho intramolecular Hbond substituents is 1. The van der Waals surface area contributed by atoms with Gasteiger partial charge in [0.05, 0.1) is 0 Å². The van der Waals surface area contributed by atoms with Gasteiger partial charge < -0.3 is 10.0 Å². The van der Waals surface area contributed by atoms with E-state index in [4.69, 9.17) is 0 Å². The van der Waals surface area contributed by atoms with Crippen LogP contribution in [0.5, 0.6) is 5.75 Å². The van der Waals surface area contributed by atoms with E-state index in [9.17, 15) is 15.2 Å². The van der Waals surface area contributed by atoms with Crippen LogP contribution < -0.4 is 0 Å². The molecule has 1 atom stereocenters. The summed E-state index contributed by atoms with van der Waals surface area (Å²) < 4.78 is 0. The van der Waals surface area contributed by atoms with E-state index in [-0.39, 0.29) is 17.2 Å². The molecule has 0 radical (unpaired) electrons. The van der Waals surface area contributed by atoms with Crippen LogP contribution in [0.4, 0.5) is 0 Å². The zero-order valence-corrected chi connectivity index (χ0v) is 11.5. The molecule has 0 bridgehead atoms. The average molecular weight is 270 g/mol. The molecule has 1 aliphatic heterocycles. The molecule has 1 heterocycles. The zero-order valence-electron chi connectivity index (χ0n) is 11.5. The highest BCUT2D eigenvalue weighted by Gasteiger charge is 2.23. The second kappa shape index (κ2) is 6.25. The number of nitrogens with zero attached hydrogens (tertiary/aromatic N) is 2. The number of likely N-dealkylation sites (tertiary alicyclic amines) is 1. The van der Waals surface area contributed by atoms with Crippen molar-refractivity contribution >= 4 is 12.0 Å². The van der Waals surface area contributed by atoms with Crippen LogP contribution in [0.25, 0.3) is 6.08 Å². The molecule has 1 aromatic carbocycles. The molecule has 1 unspecified atom stereocenters.